The first-order valence-electron chi connectivity index (χ1n) is 8.18. The number of carbonyl (C=O) groups excluding carboxylic acids is 2. The zero-order valence-corrected chi connectivity index (χ0v) is 14.0. The minimum atomic E-state index is -0.547. The fraction of sp³-hybridized carbons (Fsp3) is 0.263. The van der Waals surface area contributed by atoms with E-state index < -0.39 is 6.09 Å². The topological polar surface area (TPSA) is 93.5 Å². The van der Waals surface area contributed by atoms with Crippen molar-refractivity contribution in [2.24, 2.45) is 5.73 Å². The van der Waals surface area contributed by atoms with Crippen LogP contribution in [0.5, 0.6) is 0 Å². The van der Waals surface area contributed by atoms with E-state index in [4.69, 9.17) is 5.73 Å². The van der Waals surface area contributed by atoms with E-state index in [0.29, 0.717) is 24.3 Å². The molecular weight excluding hydrogens is 318 g/mol. The Labute approximate surface area is 146 Å². The van der Waals surface area contributed by atoms with Crippen molar-refractivity contribution in [2.45, 2.75) is 18.8 Å². The molecule has 0 bridgehead atoms. The van der Waals surface area contributed by atoms with Crippen molar-refractivity contribution >= 4 is 23.4 Å². The highest BCUT2D eigenvalue weighted by atomic mass is 16.5. The summed E-state index contributed by atoms with van der Waals surface area (Å²) in [4.78, 5) is 23.5. The summed E-state index contributed by atoms with van der Waals surface area (Å²) >= 11 is 0. The van der Waals surface area contributed by atoms with Gasteiger partial charge in [0, 0.05) is 23.7 Å². The van der Waals surface area contributed by atoms with Crippen LogP contribution in [0.1, 0.15) is 29.0 Å². The van der Waals surface area contributed by atoms with Gasteiger partial charge < -0.3 is 15.8 Å². The molecule has 6 nitrogen and oxygen atoms in total. The lowest BCUT2D eigenvalue weighted by Crippen LogP contribution is -2.24. The van der Waals surface area contributed by atoms with Gasteiger partial charge in [0.25, 0.3) is 0 Å². The summed E-state index contributed by atoms with van der Waals surface area (Å²) in [5.41, 5.74) is 10.2. The van der Waals surface area contributed by atoms with Crippen LogP contribution in [0.15, 0.2) is 42.5 Å². The van der Waals surface area contributed by atoms with E-state index >= 15 is 0 Å². The van der Waals surface area contributed by atoms with Crippen LogP contribution in [0, 0.1) is 0 Å². The second-order valence-corrected chi connectivity index (χ2v) is 6.00. The summed E-state index contributed by atoms with van der Waals surface area (Å²) in [6.45, 7) is 0.615. The van der Waals surface area contributed by atoms with Gasteiger partial charge in [0.1, 0.15) is 0 Å². The number of rotatable bonds is 4. The lowest BCUT2D eigenvalue weighted by molar-refractivity contribution is -0.116. The van der Waals surface area contributed by atoms with E-state index in [1.165, 1.54) is 12.7 Å². The average Bonchev–Trinajstić information content (AvgIpc) is 2.61. The normalized spacial score (nSPS) is 15.9. The van der Waals surface area contributed by atoms with Crippen molar-refractivity contribution in [2.75, 3.05) is 24.3 Å². The Balaban J connectivity index is 1.90. The number of fused-ring (bicyclic) bond motifs is 1. The van der Waals surface area contributed by atoms with Gasteiger partial charge in [0.2, 0.25) is 5.91 Å². The Morgan fingerprint density at radius 1 is 1.28 bits per heavy atom. The fourth-order valence-electron chi connectivity index (χ4n) is 3.09. The number of methoxy groups -OCH3 is 1. The number of nitrogens with two attached hydrogens (primary N) is 1. The van der Waals surface area contributed by atoms with Crippen molar-refractivity contribution in [1.29, 1.82) is 0 Å². The molecule has 130 valence electrons. The molecule has 0 aliphatic carbocycles. The number of hydrogen-bond donors (Lipinski definition) is 3. The molecular formula is C19H21N3O3. The summed E-state index contributed by atoms with van der Waals surface area (Å²) in [6.07, 6.45) is 0.687. The fourth-order valence-corrected chi connectivity index (χ4v) is 3.09. The minimum Gasteiger partial charge on any atom is -0.453 e. The number of anilines is 2. The zero-order chi connectivity index (χ0) is 17.8. The number of ether oxygens (including phenoxy) is 1. The lowest BCUT2D eigenvalue weighted by Gasteiger charge is -2.26. The Morgan fingerprint density at radius 3 is 2.72 bits per heavy atom. The van der Waals surface area contributed by atoms with Gasteiger partial charge in [-0.25, -0.2) is 4.79 Å². The predicted octanol–water partition coefficient (Wildman–Crippen LogP) is 2.84. The molecule has 4 N–H and O–H groups in total. The molecule has 6 heteroatoms. The maximum absolute atomic E-state index is 12.1. The highest BCUT2D eigenvalue weighted by molar-refractivity contribution is 5.96. The van der Waals surface area contributed by atoms with Crippen LogP contribution in [0.4, 0.5) is 16.2 Å². The molecule has 1 aliphatic heterocycles. The smallest absolute Gasteiger partial charge is 0.411 e. The molecule has 1 unspecified atom stereocenters. The monoisotopic (exact) mass is 339 g/mol. The largest absolute Gasteiger partial charge is 0.453 e. The number of hydrogen-bond acceptors (Lipinski definition) is 4. The van der Waals surface area contributed by atoms with E-state index in [9.17, 15) is 9.59 Å². The Kier molecular flexibility index (Phi) is 5.00. The summed E-state index contributed by atoms with van der Waals surface area (Å²) in [6, 6.07) is 13.7. The van der Waals surface area contributed by atoms with E-state index in [-0.39, 0.29) is 11.8 Å². The molecule has 2 aromatic rings. The maximum Gasteiger partial charge on any atom is 0.411 e. The average molecular weight is 339 g/mol. The van der Waals surface area contributed by atoms with Crippen LogP contribution in [0.25, 0.3) is 0 Å². The molecule has 3 rings (SSSR count). The quantitative estimate of drug-likeness (QED) is 0.798. The van der Waals surface area contributed by atoms with Gasteiger partial charge in [-0.2, -0.15) is 0 Å². The number of carbonyl (C=O) groups is 2. The van der Waals surface area contributed by atoms with E-state index in [0.717, 1.165) is 17.5 Å². The molecule has 0 radical (unpaired) electrons. The van der Waals surface area contributed by atoms with E-state index in [2.05, 4.69) is 39.6 Å². The Hall–Kier alpha value is -2.86. The first-order chi connectivity index (χ1) is 12.1. The van der Waals surface area contributed by atoms with E-state index in [1.807, 2.05) is 12.1 Å². The van der Waals surface area contributed by atoms with Gasteiger partial charge in [0.05, 0.1) is 7.11 Å². The molecule has 25 heavy (non-hydrogen) atoms. The second kappa shape index (κ2) is 7.36. The maximum atomic E-state index is 12.1. The van der Waals surface area contributed by atoms with Crippen molar-refractivity contribution in [3.63, 3.8) is 0 Å². The predicted molar refractivity (Wildman–Crippen MR) is 96.8 cm³/mol. The summed E-state index contributed by atoms with van der Waals surface area (Å²) in [5, 5.41) is 5.48. The third-order valence-electron chi connectivity index (χ3n) is 4.34. The third kappa shape index (κ3) is 3.80. The molecule has 0 aromatic heterocycles. The van der Waals surface area contributed by atoms with Gasteiger partial charge in [-0.15, -0.1) is 0 Å². The molecule has 0 spiro atoms. The minimum absolute atomic E-state index is 0.0112. The van der Waals surface area contributed by atoms with Gasteiger partial charge in [-0.05, 0) is 41.8 Å². The van der Waals surface area contributed by atoms with Crippen LogP contribution in [-0.2, 0) is 16.0 Å². The zero-order valence-electron chi connectivity index (χ0n) is 14.0. The van der Waals surface area contributed by atoms with Crippen molar-refractivity contribution in [1.82, 2.24) is 0 Å². The molecule has 2 aromatic carbocycles. The summed E-state index contributed by atoms with van der Waals surface area (Å²) in [5.74, 6) is -0.0541. The van der Waals surface area contributed by atoms with Crippen LogP contribution in [0.2, 0.25) is 0 Å². The molecule has 1 heterocycles. The van der Waals surface area contributed by atoms with Crippen LogP contribution < -0.4 is 16.4 Å². The van der Waals surface area contributed by atoms with Gasteiger partial charge >= 0.3 is 6.09 Å². The molecule has 0 saturated carbocycles. The Morgan fingerprint density at radius 2 is 2.04 bits per heavy atom. The first-order valence-corrected chi connectivity index (χ1v) is 8.18. The van der Waals surface area contributed by atoms with Crippen LogP contribution >= 0.6 is 0 Å². The van der Waals surface area contributed by atoms with Crippen molar-refractivity contribution < 1.29 is 14.3 Å². The number of nitrogens with one attached hydrogen (secondary N) is 2. The van der Waals surface area contributed by atoms with Gasteiger partial charge in [-0.1, -0.05) is 30.3 Å². The summed E-state index contributed by atoms with van der Waals surface area (Å²) in [7, 11) is 1.31. The first kappa shape index (κ1) is 17.0. The Bertz CT molecular complexity index is 787. The van der Waals surface area contributed by atoms with E-state index in [1.54, 1.807) is 6.07 Å². The molecule has 0 fully saturated rings. The van der Waals surface area contributed by atoms with Gasteiger partial charge in [-0.3, -0.25) is 10.1 Å². The molecule has 1 aliphatic rings. The number of amides is 2. The highest BCUT2D eigenvalue weighted by Crippen LogP contribution is 2.38. The standard InChI is InChI=1S/C19H21N3O3/c1-25-19(24)21-14-6-7-15-16(11-18(23)22-17(15)10-14)13-4-2-12(3-5-13)8-9-20/h2-7,10,16H,8-9,11,20H2,1H3,(H,21,24)(H,22,23). The molecule has 0 saturated heterocycles. The SMILES string of the molecule is COC(=O)Nc1ccc2c(c1)NC(=O)CC2c1ccc(CCN)cc1. The summed E-state index contributed by atoms with van der Waals surface area (Å²) < 4.78 is 4.59. The van der Waals surface area contributed by atoms with Crippen molar-refractivity contribution in [3.05, 3.63) is 59.2 Å². The second-order valence-electron chi connectivity index (χ2n) is 6.00. The van der Waals surface area contributed by atoms with Crippen LogP contribution in [0.3, 0.4) is 0 Å². The third-order valence-corrected chi connectivity index (χ3v) is 4.34. The van der Waals surface area contributed by atoms with Gasteiger partial charge in [0.15, 0.2) is 0 Å². The highest BCUT2D eigenvalue weighted by Gasteiger charge is 2.26. The number of benzene rings is 2. The lowest BCUT2D eigenvalue weighted by atomic mass is 9.84. The van der Waals surface area contributed by atoms with Crippen LogP contribution in [-0.4, -0.2) is 25.7 Å². The molecule has 2 amide bonds. The molecule has 1 atom stereocenters. The van der Waals surface area contributed by atoms with Crippen molar-refractivity contribution in [3.8, 4) is 0 Å².